The summed E-state index contributed by atoms with van der Waals surface area (Å²) in [7, 11) is 1.59. The lowest BCUT2D eigenvalue weighted by molar-refractivity contribution is -0.117. The smallest absolute Gasteiger partial charge is 0.253 e. The molecule has 0 aliphatic heterocycles. The van der Waals surface area contributed by atoms with Crippen molar-refractivity contribution in [1.29, 1.82) is 0 Å². The topological polar surface area (TPSA) is 80.3 Å². The Morgan fingerprint density at radius 1 is 1.23 bits per heavy atom. The summed E-state index contributed by atoms with van der Waals surface area (Å²) in [6, 6.07) is 11.4. The fraction of sp³-hybridized carbons (Fsp3) is 0.167. The molecular formula is C18H16ClN3O3S. The maximum atomic E-state index is 12.3. The molecule has 0 spiro atoms. The third kappa shape index (κ3) is 3.95. The number of hydrogen-bond acceptors (Lipinski definition) is 5. The lowest BCUT2D eigenvalue weighted by Gasteiger charge is -2.13. The van der Waals surface area contributed by atoms with Crippen LogP contribution in [0.3, 0.4) is 0 Å². The Morgan fingerprint density at radius 2 is 2.00 bits per heavy atom. The number of hydrogen-bond donors (Lipinski definition) is 2. The highest BCUT2D eigenvalue weighted by Gasteiger charge is 2.19. The van der Waals surface area contributed by atoms with Crippen molar-refractivity contribution in [3.63, 3.8) is 0 Å². The SMILES string of the molecule is COc1ccc2nc(NC(=O)[C@H](C)NC(=O)c3ccccc3Cl)sc2c1. The summed E-state index contributed by atoms with van der Waals surface area (Å²) in [5, 5.41) is 6.14. The fourth-order valence-corrected chi connectivity index (χ4v) is 3.40. The summed E-state index contributed by atoms with van der Waals surface area (Å²) < 4.78 is 6.08. The van der Waals surface area contributed by atoms with E-state index in [0.717, 1.165) is 16.0 Å². The number of carbonyl (C=O) groups is 2. The maximum absolute atomic E-state index is 12.3. The predicted molar refractivity (Wildman–Crippen MR) is 103 cm³/mol. The summed E-state index contributed by atoms with van der Waals surface area (Å²) in [5.41, 5.74) is 1.08. The summed E-state index contributed by atoms with van der Waals surface area (Å²) in [6.45, 7) is 1.60. The van der Waals surface area contributed by atoms with Gasteiger partial charge in [-0.3, -0.25) is 9.59 Å². The van der Waals surface area contributed by atoms with Gasteiger partial charge in [0.1, 0.15) is 11.8 Å². The van der Waals surface area contributed by atoms with Gasteiger partial charge in [-0.2, -0.15) is 0 Å². The molecule has 0 fully saturated rings. The molecule has 1 aromatic heterocycles. The maximum Gasteiger partial charge on any atom is 0.253 e. The molecule has 0 bridgehead atoms. The van der Waals surface area contributed by atoms with Crippen LogP contribution in [0.2, 0.25) is 5.02 Å². The van der Waals surface area contributed by atoms with Crippen molar-refractivity contribution < 1.29 is 14.3 Å². The Morgan fingerprint density at radius 3 is 2.73 bits per heavy atom. The third-order valence-electron chi connectivity index (χ3n) is 3.69. The van der Waals surface area contributed by atoms with E-state index in [0.29, 0.717) is 15.7 Å². The minimum atomic E-state index is -0.750. The number of carbonyl (C=O) groups excluding carboxylic acids is 2. The number of halogens is 1. The average molecular weight is 390 g/mol. The van der Waals surface area contributed by atoms with Gasteiger partial charge in [-0.05, 0) is 37.3 Å². The van der Waals surface area contributed by atoms with Crippen molar-refractivity contribution in [3.05, 3.63) is 53.1 Å². The molecule has 2 amide bonds. The standard InChI is InChI=1S/C18H16ClN3O3S/c1-10(20-17(24)12-5-3-4-6-13(12)19)16(23)22-18-21-14-8-7-11(25-2)9-15(14)26-18/h3-10H,1-2H3,(H,20,24)(H,21,22,23)/t10-/m0/s1. The van der Waals surface area contributed by atoms with Crippen LogP contribution in [0.1, 0.15) is 17.3 Å². The quantitative estimate of drug-likeness (QED) is 0.697. The molecule has 2 N–H and O–H groups in total. The van der Waals surface area contributed by atoms with E-state index in [4.69, 9.17) is 16.3 Å². The Labute approximate surface area is 159 Å². The van der Waals surface area contributed by atoms with Gasteiger partial charge < -0.3 is 15.4 Å². The zero-order valence-electron chi connectivity index (χ0n) is 14.1. The lowest BCUT2D eigenvalue weighted by Crippen LogP contribution is -2.41. The first-order chi connectivity index (χ1) is 12.5. The first kappa shape index (κ1) is 18.2. The average Bonchev–Trinajstić information content (AvgIpc) is 3.02. The molecule has 3 rings (SSSR count). The number of amides is 2. The van der Waals surface area contributed by atoms with Crippen LogP contribution in [0.25, 0.3) is 10.2 Å². The highest BCUT2D eigenvalue weighted by atomic mass is 35.5. The zero-order valence-corrected chi connectivity index (χ0v) is 15.6. The van der Waals surface area contributed by atoms with Gasteiger partial charge in [0, 0.05) is 0 Å². The van der Waals surface area contributed by atoms with E-state index in [1.165, 1.54) is 11.3 Å². The second kappa shape index (κ2) is 7.72. The van der Waals surface area contributed by atoms with Gasteiger partial charge in [-0.15, -0.1) is 0 Å². The molecule has 8 heteroatoms. The minimum absolute atomic E-state index is 0.320. The molecule has 0 saturated carbocycles. The largest absolute Gasteiger partial charge is 0.497 e. The van der Waals surface area contributed by atoms with Gasteiger partial charge in [0.2, 0.25) is 5.91 Å². The molecular weight excluding hydrogens is 374 g/mol. The molecule has 0 aliphatic carbocycles. The molecule has 134 valence electrons. The summed E-state index contributed by atoms with van der Waals surface area (Å²) in [6.07, 6.45) is 0. The van der Waals surface area contributed by atoms with Gasteiger partial charge in [0.05, 0.1) is 27.9 Å². The number of rotatable bonds is 5. The number of ether oxygens (including phenoxy) is 1. The Balaban J connectivity index is 1.67. The van der Waals surface area contributed by atoms with Gasteiger partial charge >= 0.3 is 0 Å². The van der Waals surface area contributed by atoms with Crippen molar-refractivity contribution in [1.82, 2.24) is 10.3 Å². The molecule has 0 saturated heterocycles. The second-order valence-corrected chi connectivity index (χ2v) is 6.95. The number of thiazole rings is 1. The molecule has 6 nitrogen and oxygen atoms in total. The van der Waals surface area contributed by atoms with E-state index in [1.54, 1.807) is 44.4 Å². The van der Waals surface area contributed by atoms with Crippen LogP contribution in [0.5, 0.6) is 5.75 Å². The second-order valence-electron chi connectivity index (χ2n) is 5.52. The van der Waals surface area contributed by atoms with Crippen LogP contribution >= 0.6 is 22.9 Å². The molecule has 0 unspecified atom stereocenters. The van der Waals surface area contributed by atoms with Gasteiger partial charge in [0.15, 0.2) is 5.13 Å². The van der Waals surface area contributed by atoms with E-state index in [2.05, 4.69) is 15.6 Å². The minimum Gasteiger partial charge on any atom is -0.497 e. The van der Waals surface area contributed by atoms with Crippen LogP contribution in [0.15, 0.2) is 42.5 Å². The number of fused-ring (bicyclic) bond motifs is 1. The summed E-state index contributed by atoms with van der Waals surface area (Å²) in [5.74, 6) is -0.0527. The van der Waals surface area contributed by atoms with Crippen LogP contribution in [0.4, 0.5) is 5.13 Å². The van der Waals surface area contributed by atoms with Crippen molar-refractivity contribution in [2.24, 2.45) is 0 Å². The van der Waals surface area contributed by atoms with E-state index >= 15 is 0 Å². The Bertz CT molecular complexity index is 973. The highest BCUT2D eigenvalue weighted by molar-refractivity contribution is 7.22. The number of aromatic nitrogens is 1. The summed E-state index contributed by atoms with van der Waals surface area (Å²) in [4.78, 5) is 28.9. The number of anilines is 1. The highest BCUT2D eigenvalue weighted by Crippen LogP contribution is 2.29. The number of benzene rings is 2. The van der Waals surface area contributed by atoms with Gasteiger partial charge in [-0.1, -0.05) is 35.1 Å². The van der Waals surface area contributed by atoms with Crippen LogP contribution in [0, 0.1) is 0 Å². The van der Waals surface area contributed by atoms with Crippen molar-refractivity contribution in [2.75, 3.05) is 12.4 Å². The van der Waals surface area contributed by atoms with Crippen molar-refractivity contribution in [3.8, 4) is 5.75 Å². The Kier molecular flexibility index (Phi) is 5.39. The van der Waals surface area contributed by atoms with Crippen LogP contribution in [-0.2, 0) is 4.79 Å². The molecule has 0 radical (unpaired) electrons. The number of nitrogens with one attached hydrogen (secondary N) is 2. The Hall–Kier alpha value is -2.64. The predicted octanol–water partition coefficient (Wildman–Crippen LogP) is 3.72. The molecule has 1 atom stereocenters. The first-order valence-corrected chi connectivity index (χ1v) is 8.98. The van der Waals surface area contributed by atoms with Gasteiger partial charge in [-0.25, -0.2) is 4.98 Å². The van der Waals surface area contributed by atoms with Crippen LogP contribution < -0.4 is 15.4 Å². The monoisotopic (exact) mass is 389 g/mol. The zero-order chi connectivity index (χ0) is 18.7. The first-order valence-electron chi connectivity index (χ1n) is 7.79. The number of methoxy groups -OCH3 is 1. The fourth-order valence-electron chi connectivity index (χ4n) is 2.28. The van der Waals surface area contributed by atoms with E-state index < -0.39 is 11.9 Å². The van der Waals surface area contributed by atoms with Crippen molar-refractivity contribution in [2.45, 2.75) is 13.0 Å². The van der Waals surface area contributed by atoms with E-state index in [-0.39, 0.29) is 5.91 Å². The lowest BCUT2D eigenvalue weighted by atomic mass is 10.2. The molecule has 1 heterocycles. The van der Waals surface area contributed by atoms with Crippen molar-refractivity contribution >= 4 is 50.1 Å². The molecule has 26 heavy (non-hydrogen) atoms. The third-order valence-corrected chi connectivity index (χ3v) is 4.95. The normalized spacial score (nSPS) is 11.8. The van der Waals surface area contributed by atoms with Gasteiger partial charge in [0.25, 0.3) is 5.91 Å². The van der Waals surface area contributed by atoms with E-state index in [9.17, 15) is 9.59 Å². The molecule has 2 aromatic carbocycles. The molecule has 0 aliphatic rings. The summed E-state index contributed by atoms with van der Waals surface area (Å²) >= 11 is 7.34. The molecule has 3 aromatic rings. The van der Waals surface area contributed by atoms with Crippen LogP contribution in [-0.4, -0.2) is 29.9 Å². The number of nitrogens with zero attached hydrogens (tertiary/aromatic N) is 1. The van der Waals surface area contributed by atoms with E-state index in [1.807, 2.05) is 12.1 Å².